The smallest absolute Gasteiger partial charge is 0.251 e. The number of ether oxygens (including phenoxy) is 1. The molecule has 1 aromatic carbocycles. The largest absolute Gasteiger partial charge is 0.362 e. The lowest BCUT2D eigenvalue weighted by atomic mass is 9.88. The first-order valence-corrected chi connectivity index (χ1v) is 9.57. The van der Waals surface area contributed by atoms with Gasteiger partial charge in [-0.05, 0) is 56.2 Å². The predicted molar refractivity (Wildman–Crippen MR) is 93.6 cm³/mol. The second-order valence-electron chi connectivity index (χ2n) is 7.76. The van der Waals surface area contributed by atoms with Gasteiger partial charge in [0.15, 0.2) is 0 Å². The fourth-order valence-electron chi connectivity index (χ4n) is 4.46. The molecule has 0 aliphatic carbocycles. The van der Waals surface area contributed by atoms with Crippen LogP contribution < -0.4 is 0 Å². The highest BCUT2D eigenvalue weighted by Gasteiger charge is 2.45. The lowest BCUT2D eigenvalue weighted by Gasteiger charge is -2.39. The topological polar surface area (TPSA) is 32.8 Å². The van der Waals surface area contributed by atoms with E-state index in [1.807, 2.05) is 17.0 Å². The minimum atomic E-state index is -0.221. The minimum absolute atomic E-state index is 0.0979. The molecular formula is C20H27FN2O2. The van der Waals surface area contributed by atoms with E-state index >= 15 is 0 Å². The third kappa shape index (κ3) is 3.72. The number of rotatable bonds is 3. The standard InChI is InChI=1S/C20H27FN2O2/c21-17-5-3-16(4-6-17)15-22-13-9-20(10-14-22)8-7-18(25-20)19(24)23-11-1-2-12-23/h3-6,18H,1-2,7-15H2/t18-/m0/s1. The zero-order valence-electron chi connectivity index (χ0n) is 14.8. The number of likely N-dealkylation sites (tertiary alicyclic amines) is 2. The highest BCUT2D eigenvalue weighted by Crippen LogP contribution is 2.39. The van der Waals surface area contributed by atoms with Crippen molar-refractivity contribution in [3.05, 3.63) is 35.6 Å². The van der Waals surface area contributed by atoms with Crippen LogP contribution in [0.25, 0.3) is 0 Å². The van der Waals surface area contributed by atoms with Crippen LogP contribution in [0.1, 0.15) is 44.1 Å². The van der Waals surface area contributed by atoms with E-state index in [0.717, 1.165) is 76.8 Å². The van der Waals surface area contributed by atoms with Gasteiger partial charge in [0.1, 0.15) is 11.9 Å². The van der Waals surface area contributed by atoms with Gasteiger partial charge in [0.2, 0.25) is 0 Å². The van der Waals surface area contributed by atoms with Crippen LogP contribution >= 0.6 is 0 Å². The van der Waals surface area contributed by atoms with Crippen LogP contribution in [0.2, 0.25) is 0 Å². The second-order valence-corrected chi connectivity index (χ2v) is 7.76. The summed E-state index contributed by atoms with van der Waals surface area (Å²) in [5.74, 6) is 0.0255. The molecule has 3 heterocycles. The number of hydrogen-bond acceptors (Lipinski definition) is 3. The highest BCUT2D eigenvalue weighted by atomic mass is 19.1. The maximum atomic E-state index is 13.0. The molecule has 1 aromatic rings. The van der Waals surface area contributed by atoms with E-state index in [-0.39, 0.29) is 23.4 Å². The van der Waals surface area contributed by atoms with Crippen LogP contribution in [-0.2, 0) is 16.1 Å². The van der Waals surface area contributed by atoms with E-state index in [2.05, 4.69) is 4.90 Å². The summed E-state index contributed by atoms with van der Waals surface area (Å²) in [6.45, 7) is 4.60. The van der Waals surface area contributed by atoms with Gasteiger partial charge in [-0.2, -0.15) is 0 Å². The van der Waals surface area contributed by atoms with E-state index < -0.39 is 0 Å². The predicted octanol–water partition coefficient (Wildman–Crippen LogP) is 2.96. The van der Waals surface area contributed by atoms with Crippen molar-refractivity contribution in [3.8, 4) is 0 Å². The van der Waals surface area contributed by atoms with E-state index in [0.29, 0.717) is 0 Å². The summed E-state index contributed by atoms with van der Waals surface area (Å²) in [4.78, 5) is 16.9. The van der Waals surface area contributed by atoms with Gasteiger partial charge in [0.25, 0.3) is 5.91 Å². The van der Waals surface area contributed by atoms with Crippen LogP contribution in [0.3, 0.4) is 0 Å². The van der Waals surface area contributed by atoms with Gasteiger partial charge >= 0.3 is 0 Å². The quantitative estimate of drug-likeness (QED) is 0.844. The number of nitrogens with zero attached hydrogens (tertiary/aromatic N) is 2. The zero-order valence-corrected chi connectivity index (χ0v) is 14.8. The molecule has 1 spiro atoms. The average molecular weight is 346 g/mol. The van der Waals surface area contributed by atoms with Gasteiger partial charge in [-0.3, -0.25) is 9.69 Å². The third-order valence-corrected chi connectivity index (χ3v) is 6.03. The molecule has 3 fully saturated rings. The molecule has 3 saturated heterocycles. The maximum Gasteiger partial charge on any atom is 0.251 e. The van der Waals surface area contributed by atoms with E-state index in [4.69, 9.17) is 4.74 Å². The van der Waals surface area contributed by atoms with Crippen molar-refractivity contribution >= 4 is 5.91 Å². The minimum Gasteiger partial charge on any atom is -0.362 e. The molecule has 0 bridgehead atoms. The van der Waals surface area contributed by atoms with Crippen LogP contribution in [0, 0.1) is 5.82 Å². The monoisotopic (exact) mass is 346 g/mol. The Morgan fingerprint density at radius 3 is 2.44 bits per heavy atom. The summed E-state index contributed by atoms with van der Waals surface area (Å²) < 4.78 is 19.3. The number of hydrogen-bond donors (Lipinski definition) is 0. The molecule has 0 saturated carbocycles. The first-order valence-electron chi connectivity index (χ1n) is 9.57. The second kappa shape index (κ2) is 7.04. The number of amides is 1. The molecular weight excluding hydrogens is 319 g/mol. The van der Waals surface area contributed by atoms with Crippen molar-refractivity contribution < 1.29 is 13.9 Å². The summed E-state index contributed by atoms with van der Waals surface area (Å²) in [6, 6.07) is 6.76. The first kappa shape index (κ1) is 17.0. The van der Waals surface area contributed by atoms with Crippen molar-refractivity contribution in [2.75, 3.05) is 26.2 Å². The fourth-order valence-corrected chi connectivity index (χ4v) is 4.46. The summed E-state index contributed by atoms with van der Waals surface area (Å²) in [6.07, 6.45) is 5.87. The molecule has 0 aromatic heterocycles. The Balaban J connectivity index is 1.29. The molecule has 0 unspecified atom stereocenters. The van der Waals surface area contributed by atoms with Gasteiger partial charge < -0.3 is 9.64 Å². The van der Waals surface area contributed by atoms with E-state index in [9.17, 15) is 9.18 Å². The highest BCUT2D eigenvalue weighted by molar-refractivity contribution is 5.81. The van der Waals surface area contributed by atoms with Crippen molar-refractivity contribution in [1.29, 1.82) is 0 Å². The molecule has 0 N–H and O–H groups in total. The Bertz CT molecular complexity index is 605. The number of benzene rings is 1. The van der Waals surface area contributed by atoms with Gasteiger partial charge in [-0.25, -0.2) is 4.39 Å². The normalized spacial score (nSPS) is 26.4. The Hall–Kier alpha value is -1.46. The van der Waals surface area contributed by atoms with Crippen molar-refractivity contribution in [3.63, 3.8) is 0 Å². The van der Waals surface area contributed by atoms with Gasteiger partial charge in [-0.1, -0.05) is 12.1 Å². The number of piperidine rings is 1. The molecule has 0 radical (unpaired) electrons. The van der Waals surface area contributed by atoms with Crippen LogP contribution in [-0.4, -0.2) is 53.6 Å². The summed E-state index contributed by atoms with van der Waals surface area (Å²) >= 11 is 0. The SMILES string of the molecule is O=C([C@@H]1CCC2(CCN(Cc3ccc(F)cc3)CC2)O1)N1CCCC1. The molecule has 1 amide bonds. The Morgan fingerprint density at radius 2 is 1.76 bits per heavy atom. The van der Waals surface area contributed by atoms with Crippen molar-refractivity contribution in [2.45, 2.75) is 56.8 Å². The average Bonchev–Trinajstić information content (AvgIpc) is 3.29. The van der Waals surface area contributed by atoms with Crippen molar-refractivity contribution in [2.24, 2.45) is 0 Å². The van der Waals surface area contributed by atoms with Crippen LogP contribution in [0.15, 0.2) is 24.3 Å². The molecule has 4 nitrogen and oxygen atoms in total. The molecule has 136 valence electrons. The summed E-state index contributed by atoms with van der Waals surface area (Å²) in [5, 5.41) is 0. The number of carbonyl (C=O) groups is 1. The lowest BCUT2D eigenvalue weighted by molar-refractivity contribution is -0.150. The maximum absolute atomic E-state index is 13.0. The van der Waals surface area contributed by atoms with Crippen LogP contribution in [0.5, 0.6) is 0 Å². The molecule has 5 heteroatoms. The van der Waals surface area contributed by atoms with Crippen molar-refractivity contribution in [1.82, 2.24) is 9.80 Å². The number of halogens is 1. The van der Waals surface area contributed by atoms with Gasteiger partial charge in [0.05, 0.1) is 5.60 Å². The first-order chi connectivity index (χ1) is 12.1. The molecule has 1 atom stereocenters. The van der Waals surface area contributed by atoms with E-state index in [1.165, 1.54) is 12.1 Å². The Morgan fingerprint density at radius 1 is 1.08 bits per heavy atom. The molecule has 25 heavy (non-hydrogen) atoms. The summed E-state index contributed by atoms with van der Waals surface area (Å²) in [5.41, 5.74) is 1.05. The Kier molecular flexibility index (Phi) is 4.78. The van der Waals surface area contributed by atoms with Crippen LogP contribution in [0.4, 0.5) is 4.39 Å². The fraction of sp³-hybridized carbons (Fsp3) is 0.650. The summed E-state index contributed by atoms with van der Waals surface area (Å²) in [7, 11) is 0. The molecule has 3 aliphatic heterocycles. The van der Waals surface area contributed by atoms with Gasteiger partial charge in [0, 0.05) is 32.7 Å². The number of carbonyl (C=O) groups excluding carboxylic acids is 1. The van der Waals surface area contributed by atoms with E-state index in [1.54, 1.807) is 0 Å². The lowest BCUT2D eigenvalue weighted by Crippen LogP contribution is -2.45. The molecule has 4 rings (SSSR count). The Labute approximate surface area is 148 Å². The van der Waals surface area contributed by atoms with Gasteiger partial charge in [-0.15, -0.1) is 0 Å². The molecule has 3 aliphatic rings. The third-order valence-electron chi connectivity index (χ3n) is 6.03. The zero-order chi connectivity index (χ0) is 17.3.